The van der Waals surface area contributed by atoms with Gasteiger partial charge >= 0.3 is 5.97 Å². The topological polar surface area (TPSA) is 75.2 Å². The van der Waals surface area contributed by atoms with Crippen molar-refractivity contribution < 1.29 is 14.6 Å². The molecule has 2 rings (SSSR count). The Balaban J connectivity index is 2.21. The number of hydrogen-bond donors (Lipinski definition) is 2. The number of aromatic nitrogens is 2. The van der Waals surface area contributed by atoms with Crippen molar-refractivity contribution in [2.75, 3.05) is 7.11 Å². The summed E-state index contributed by atoms with van der Waals surface area (Å²) in [5.41, 5.74) is 2.77. The summed E-state index contributed by atoms with van der Waals surface area (Å²) in [6, 6.07) is 7.62. The Kier molecular flexibility index (Phi) is 3.85. The van der Waals surface area contributed by atoms with Gasteiger partial charge in [-0.1, -0.05) is 0 Å². The zero-order valence-electron chi connectivity index (χ0n) is 10.9. The van der Waals surface area contributed by atoms with E-state index in [1.165, 1.54) is 0 Å². The molecule has 1 aromatic heterocycles. The quantitative estimate of drug-likeness (QED) is 0.865. The smallest absolute Gasteiger partial charge is 0.303 e. The third kappa shape index (κ3) is 3.13. The van der Waals surface area contributed by atoms with Gasteiger partial charge in [-0.25, -0.2) is 4.98 Å². The van der Waals surface area contributed by atoms with E-state index in [0.717, 1.165) is 22.7 Å². The summed E-state index contributed by atoms with van der Waals surface area (Å²) in [6.07, 6.45) is 0.487. The second kappa shape index (κ2) is 5.56. The van der Waals surface area contributed by atoms with Gasteiger partial charge in [-0.2, -0.15) is 0 Å². The maximum absolute atomic E-state index is 10.5. The van der Waals surface area contributed by atoms with Crippen LogP contribution in [0.4, 0.5) is 0 Å². The zero-order chi connectivity index (χ0) is 13.8. The van der Waals surface area contributed by atoms with Gasteiger partial charge < -0.3 is 14.8 Å². The molecule has 0 bridgehead atoms. The van der Waals surface area contributed by atoms with Crippen molar-refractivity contribution in [3.05, 3.63) is 35.8 Å². The van der Waals surface area contributed by atoms with E-state index >= 15 is 0 Å². The van der Waals surface area contributed by atoms with Crippen molar-refractivity contribution in [3.63, 3.8) is 0 Å². The number of benzene rings is 1. The average molecular weight is 260 g/mol. The summed E-state index contributed by atoms with van der Waals surface area (Å²) in [7, 11) is 1.62. The van der Waals surface area contributed by atoms with Crippen LogP contribution in [0.2, 0.25) is 0 Å². The molecule has 0 aliphatic rings. The van der Waals surface area contributed by atoms with Gasteiger partial charge in [-0.3, -0.25) is 4.79 Å². The summed E-state index contributed by atoms with van der Waals surface area (Å²) in [5.74, 6) is 0.675. The molecule has 0 atom stereocenters. The van der Waals surface area contributed by atoms with Gasteiger partial charge in [0.2, 0.25) is 0 Å². The number of carbonyl (C=O) groups is 1. The van der Waals surface area contributed by atoms with Gasteiger partial charge in [0.1, 0.15) is 11.6 Å². The highest BCUT2D eigenvalue weighted by Gasteiger charge is 2.10. The molecule has 1 heterocycles. The van der Waals surface area contributed by atoms with Gasteiger partial charge in [0.15, 0.2) is 0 Å². The first-order valence-electron chi connectivity index (χ1n) is 6.02. The molecule has 0 saturated carbocycles. The van der Waals surface area contributed by atoms with E-state index in [1.807, 2.05) is 31.2 Å². The van der Waals surface area contributed by atoms with E-state index in [2.05, 4.69) is 9.97 Å². The number of ether oxygens (including phenoxy) is 1. The molecule has 5 nitrogen and oxygen atoms in total. The van der Waals surface area contributed by atoms with E-state index in [9.17, 15) is 4.79 Å². The average Bonchev–Trinajstić information content (AvgIpc) is 2.78. The molecular weight excluding hydrogens is 244 g/mol. The maximum atomic E-state index is 10.5. The summed E-state index contributed by atoms with van der Waals surface area (Å²) >= 11 is 0. The summed E-state index contributed by atoms with van der Waals surface area (Å²) in [6.45, 7) is 1.93. The van der Waals surface area contributed by atoms with Gasteiger partial charge in [0, 0.05) is 17.7 Å². The lowest BCUT2D eigenvalue weighted by Gasteiger charge is -2.01. The van der Waals surface area contributed by atoms with Crippen molar-refractivity contribution >= 4 is 5.97 Å². The van der Waals surface area contributed by atoms with E-state index in [1.54, 1.807) is 7.11 Å². The SMILES string of the molecule is COc1ccc(-c2nc(CCC(=O)O)[nH]c2C)cc1. The van der Waals surface area contributed by atoms with E-state index in [-0.39, 0.29) is 6.42 Å². The molecule has 1 aromatic carbocycles. The highest BCUT2D eigenvalue weighted by Crippen LogP contribution is 2.23. The Morgan fingerprint density at radius 3 is 2.63 bits per heavy atom. The molecule has 0 spiro atoms. The summed E-state index contributed by atoms with van der Waals surface area (Å²) in [4.78, 5) is 18.1. The second-order valence-corrected chi connectivity index (χ2v) is 4.28. The van der Waals surface area contributed by atoms with Crippen LogP contribution in [0.15, 0.2) is 24.3 Å². The van der Waals surface area contributed by atoms with Crippen LogP contribution in [0.3, 0.4) is 0 Å². The summed E-state index contributed by atoms with van der Waals surface area (Å²) < 4.78 is 5.11. The first kappa shape index (κ1) is 13.1. The third-order valence-electron chi connectivity index (χ3n) is 2.87. The fraction of sp³-hybridized carbons (Fsp3) is 0.286. The molecule has 0 saturated heterocycles. The number of imidazole rings is 1. The van der Waals surface area contributed by atoms with Crippen LogP contribution in [0.1, 0.15) is 17.9 Å². The fourth-order valence-electron chi connectivity index (χ4n) is 1.90. The van der Waals surface area contributed by atoms with Gasteiger partial charge in [-0.15, -0.1) is 0 Å². The highest BCUT2D eigenvalue weighted by atomic mass is 16.5. The predicted molar refractivity (Wildman–Crippen MR) is 71.3 cm³/mol. The molecule has 19 heavy (non-hydrogen) atoms. The Labute approximate surface area is 111 Å². The lowest BCUT2D eigenvalue weighted by Crippen LogP contribution is -1.98. The zero-order valence-corrected chi connectivity index (χ0v) is 10.9. The lowest BCUT2D eigenvalue weighted by molar-refractivity contribution is -0.137. The first-order valence-corrected chi connectivity index (χ1v) is 6.02. The van der Waals surface area contributed by atoms with Crippen LogP contribution in [-0.4, -0.2) is 28.2 Å². The maximum Gasteiger partial charge on any atom is 0.303 e. The van der Waals surface area contributed by atoms with Crippen LogP contribution in [0, 0.1) is 6.92 Å². The van der Waals surface area contributed by atoms with Crippen molar-refractivity contribution in [1.29, 1.82) is 0 Å². The normalized spacial score (nSPS) is 10.4. The van der Waals surface area contributed by atoms with Crippen molar-refractivity contribution in [3.8, 4) is 17.0 Å². The van der Waals surface area contributed by atoms with E-state index in [0.29, 0.717) is 12.2 Å². The Hall–Kier alpha value is -2.30. The standard InChI is InChI=1S/C14H16N2O3/c1-9-14(10-3-5-11(19-2)6-4-10)16-12(15-9)7-8-13(17)18/h3-6H,7-8H2,1-2H3,(H,15,16)(H,17,18). The number of nitrogens with one attached hydrogen (secondary N) is 1. The first-order chi connectivity index (χ1) is 9.10. The number of methoxy groups -OCH3 is 1. The minimum absolute atomic E-state index is 0.0784. The predicted octanol–water partition coefficient (Wildman–Crippen LogP) is 2.41. The molecule has 0 fully saturated rings. The number of H-pyrrole nitrogens is 1. The van der Waals surface area contributed by atoms with Crippen LogP contribution < -0.4 is 4.74 Å². The Morgan fingerprint density at radius 2 is 2.05 bits per heavy atom. The number of aryl methyl sites for hydroxylation is 2. The molecule has 0 aliphatic carbocycles. The van der Waals surface area contributed by atoms with Gasteiger partial charge in [0.05, 0.1) is 19.2 Å². The fourth-order valence-corrected chi connectivity index (χ4v) is 1.90. The van der Waals surface area contributed by atoms with E-state index < -0.39 is 5.97 Å². The summed E-state index contributed by atoms with van der Waals surface area (Å²) in [5, 5.41) is 8.67. The number of carboxylic acids is 1. The number of aromatic amines is 1. The monoisotopic (exact) mass is 260 g/mol. The highest BCUT2D eigenvalue weighted by molar-refractivity contribution is 5.67. The molecule has 100 valence electrons. The molecule has 0 aliphatic heterocycles. The van der Waals surface area contributed by atoms with Crippen molar-refractivity contribution in [2.24, 2.45) is 0 Å². The van der Waals surface area contributed by atoms with Crippen LogP contribution >= 0.6 is 0 Å². The molecule has 0 amide bonds. The van der Waals surface area contributed by atoms with Gasteiger partial charge in [-0.05, 0) is 31.2 Å². The Bertz CT molecular complexity index is 573. The van der Waals surface area contributed by atoms with Crippen LogP contribution in [-0.2, 0) is 11.2 Å². The van der Waals surface area contributed by atoms with Crippen molar-refractivity contribution in [2.45, 2.75) is 19.8 Å². The second-order valence-electron chi connectivity index (χ2n) is 4.28. The number of carboxylic acid groups (broad SMARTS) is 1. The van der Waals surface area contributed by atoms with Crippen LogP contribution in [0.25, 0.3) is 11.3 Å². The molecule has 0 unspecified atom stereocenters. The molecule has 5 heteroatoms. The molecule has 0 radical (unpaired) electrons. The molecule has 2 N–H and O–H groups in total. The van der Waals surface area contributed by atoms with Crippen LogP contribution in [0.5, 0.6) is 5.75 Å². The number of nitrogens with zero attached hydrogens (tertiary/aromatic N) is 1. The molecule has 2 aromatic rings. The van der Waals surface area contributed by atoms with Crippen molar-refractivity contribution in [1.82, 2.24) is 9.97 Å². The molecular formula is C14H16N2O3. The Morgan fingerprint density at radius 1 is 1.37 bits per heavy atom. The minimum Gasteiger partial charge on any atom is -0.497 e. The largest absolute Gasteiger partial charge is 0.497 e. The van der Waals surface area contributed by atoms with Gasteiger partial charge in [0.25, 0.3) is 0 Å². The van der Waals surface area contributed by atoms with E-state index in [4.69, 9.17) is 9.84 Å². The number of rotatable bonds is 5. The lowest BCUT2D eigenvalue weighted by atomic mass is 10.1. The number of aliphatic carboxylic acids is 1. The minimum atomic E-state index is -0.819. The number of hydrogen-bond acceptors (Lipinski definition) is 3. The third-order valence-corrected chi connectivity index (χ3v) is 2.87.